The zero-order valence-corrected chi connectivity index (χ0v) is 18.7. The molecule has 6 nitrogen and oxygen atoms in total. The van der Waals surface area contributed by atoms with Gasteiger partial charge in [-0.15, -0.1) is 0 Å². The normalized spacial score (nSPS) is 11.3. The van der Waals surface area contributed by atoms with Crippen LogP contribution in [0.2, 0.25) is 0 Å². The summed E-state index contributed by atoms with van der Waals surface area (Å²) < 4.78 is 14.1. The molecule has 1 aromatic heterocycles. The van der Waals surface area contributed by atoms with E-state index in [0.29, 0.717) is 34.8 Å². The van der Waals surface area contributed by atoms with E-state index in [-0.39, 0.29) is 5.56 Å². The summed E-state index contributed by atoms with van der Waals surface area (Å²) in [5.74, 6) is 1.83. The molecule has 0 saturated heterocycles. The molecule has 0 aliphatic carbocycles. The molecule has 0 aliphatic heterocycles. The van der Waals surface area contributed by atoms with Gasteiger partial charge in [0.05, 0.1) is 34.4 Å². The number of benzene rings is 2. The first kappa shape index (κ1) is 19.8. The fraction of sp³-hybridized carbons (Fsp3) is 0.211. The first-order chi connectivity index (χ1) is 12.9. The monoisotopic (exact) mass is 541 g/mol. The van der Waals surface area contributed by atoms with E-state index in [1.807, 2.05) is 31.2 Å². The summed E-state index contributed by atoms with van der Waals surface area (Å²) in [7, 11) is 1.61. The van der Waals surface area contributed by atoms with Crippen molar-refractivity contribution in [2.24, 2.45) is 5.10 Å². The second-order valence-corrected chi connectivity index (χ2v) is 7.73. The first-order valence-corrected chi connectivity index (χ1v) is 10.1. The van der Waals surface area contributed by atoms with Crippen molar-refractivity contribution < 1.29 is 9.47 Å². The number of fused-ring (bicyclic) bond motifs is 1. The van der Waals surface area contributed by atoms with Crippen LogP contribution >= 0.6 is 38.5 Å². The van der Waals surface area contributed by atoms with Crippen molar-refractivity contribution in [1.82, 2.24) is 9.66 Å². The van der Waals surface area contributed by atoms with E-state index < -0.39 is 0 Å². The van der Waals surface area contributed by atoms with Crippen LogP contribution in [-0.2, 0) is 0 Å². The van der Waals surface area contributed by atoms with Crippen LogP contribution in [0.4, 0.5) is 0 Å². The van der Waals surface area contributed by atoms with E-state index >= 15 is 0 Å². The quantitative estimate of drug-likeness (QED) is 0.355. The fourth-order valence-electron chi connectivity index (χ4n) is 2.64. The van der Waals surface area contributed by atoms with Gasteiger partial charge in [0.15, 0.2) is 11.5 Å². The lowest BCUT2D eigenvalue weighted by Crippen LogP contribution is -2.20. The summed E-state index contributed by atoms with van der Waals surface area (Å²) in [6.07, 6.45) is 1.62. The van der Waals surface area contributed by atoms with Crippen LogP contribution in [-0.4, -0.2) is 29.6 Å². The van der Waals surface area contributed by atoms with E-state index in [1.165, 1.54) is 4.68 Å². The Hall–Kier alpha value is -1.94. The molecule has 0 N–H and O–H groups in total. The Kier molecular flexibility index (Phi) is 6.15. The molecule has 1 heterocycles. The van der Waals surface area contributed by atoms with Gasteiger partial charge in [-0.3, -0.25) is 4.79 Å². The van der Waals surface area contributed by atoms with Gasteiger partial charge in [0, 0.05) is 4.47 Å². The summed E-state index contributed by atoms with van der Waals surface area (Å²) in [6.45, 7) is 4.19. The average molecular weight is 542 g/mol. The molecule has 0 amide bonds. The number of aromatic nitrogens is 2. The summed E-state index contributed by atoms with van der Waals surface area (Å²) in [5.41, 5.74) is 1.22. The molecule has 0 unspecified atom stereocenters. The predicted octanol–water partition coefficient (Wildman–Crippen LogP) is 4.36. The Balaban J connectivity index is 2.07. The number of rotatable bonds is 5. The third-order valence-corrected chi connectivity index (χ3v) is 5.12. The van der Waals surface area contributed by atoms with Gasteiger partial charge in [-0.2, -0.15) is 9.78 Å². The molecule has 0 aliphatic rings. The molecule has 3 rings (SSSR count). The number of hydrogen-bond donors (Lipinski definition) is 0. The highest BCUT2D eigenvalue weighted by Gasteiger charge is 2.11. The van der Waals surface area contributed by atoms with Crippen molar-refractivity contribution >= 4 is 55.6 Å². The van der Waals surface area contributed by atoms with E-state index in [2.05, 4.69) is 48.6 Å². The van der Waals surface area contributed by atoms with E-state index in [4.69, 9.17) is 9.47 Å². The van der Waals surface area contributed by atoms with Crippen LogP contribution in [0.25, 0.3) is 10.9 Å². The Morgan fingerprint density at radius 1 is 1.33 bits per heavy atom. The Morgan fingerprint density at radius 2 is 2.11 bits per heavy atom. The largest absolute Gasteiger partial charge is 0.492 e. The molecule has 0 saturated carbocycles. The minimum Gasteiger partial charge on any atom is -0.492 e. The number of ether oxygens (including phenoxy) is 2. The minimum absolute atomic E-state index is 0.219. The van der Waals surface area contributed by atoms with Gasteiger partial charge in [0.1, 0.15) is 5.82 Å². The second kappa shape index (κ2) is 8.39. The number of hydrogen-bond acceptors (Lipinski definition) is 5. The Bertz CT molecular complexity index is 1100. The first-order valence-electron chi connectivity index (χ1n) is 8.18. The average Bonchev–Trinajstić information content (AvgIpc) is 2.62. The fourth-order valence-corrected chi connectivity index (χ4v) is 3.85. The predicted molar refractivity (Wildman–Crippen MR) is 118 cm³/mol. The molecule has 140 valence electrons. The molecule has 0 fully saturated rings. The Labute approximate surface area is 178 Å². The maximum atomic E-state index is 12.8. The van der Waals surface area contributed by atoms with E-state index in [9.17, 15) is 4.79 Å². The zero-order chi connectivity index (χ0) is 19.6. The molecule has 3 aromatic rings. The lowest BCUT2D eigenvalue weighted by molar-refractivity contribution is 0.309. The van der Waals surface area contributed by atoms with Crippen LogP contribution in [0, 0.1) is 10.5 Å². The van der Waals surface area contributed by atoms with Crippen LogP contribution in [0.1, 0.15) is 18.3 Å². The molecule has 8 heteroatoms. The SMILES string of the molecule is CCOc1cc(C=Nn2c(C)nc3ccc(Br)cc3c2=O)cc(I)c1OC. The topological polar surface area (TPSA) is 65.7 Å². The Morgan fingerprint density at radius 3 is 2.81 bits per heavy atom. The third-order valence-electron chi connectivity index (χ3n) is 3.83. The number of methoxy groups -OCH3 is 1. The summed E-state index contributed by atoms with van der Waals surface area (Å²) in [4.78, 5) is 17.3. The number of nitrogens with zero attached hydrogens (tertiary/aromatic N) is 3. The van der Waals surface area contributed by atoms with Crippen LogP contribution in [0.5, 0.6) is 11.5 Å². The number of halogens is 2. The second-order valence-electron chi connectivity index (χ2n) is 5.65. The third kappa shape index (κ3) is 4.16. The lowest BCUT2D eigenvalue weighted by atomic mass is 10.2. The van der Waals surface area contributed by atoms with Gasteiger partial charge in [0.25, 0.3) is 5.56 Å². The molecular formula is C19H17BrIN3O3. The summed E-state index contributed by atoms with van der Waals surface area (Å²) in [5, 5.41) is 4.86. The smallest absolute Gasteiger partial charge is 0.282 e. The molecule has 0 radical (unpaired) electrons. The highest BCUT2D eigenvalue weighted by molar-refractivity contribution is 14.1. The van der Waals surface area contributed by atoms with Crippen molar-refractivity contribution in [3.05, 3.63) is 60.1 Å². The van der Waals surface area contributed by atoms with Crippen molar-refractivity contribution in [3.8, 4) is 11.5 Å². The maximum Gasteiger partial charge on any atom is 0.282 e. The van der Waals surface area contributed by atoms with Crippen LogP contribution in [0.3, 0.4) is 0 Å². The minimum atomic E-state index is -0.219. The van der Waals surface area contributed by atoms with E-state index in [0.717, 1.165) is 13.6 Å². The number of aryl methyl sites for hydroxylation is 1. The summed E-state index contributed by atoms with van der Waals surface area (Å²) >= 11 is 5.57. The molecule has 27 heavy (non-hydrogen) atoms. The standard InChI is InChI=1S/C19H17BrIN3O3/c1-4-27-17-8-12(7-15(21)18(17)26-3)10-22-24-11(2)23-16-6-5-13(20)9-14(16)19(24)25/h5-10H,4H2,1-3H3. The van der Waals surface area contributed by atoms with Crippen molar-refractivity contribution in [2.75, 3.05) is 13.7 Å². The molecule has 0 atom stereocenters. The highest BCUT2D eigenvalue weighted by Crippen LogP contribution is 2.33. The van der Waals surface area contributed by atoms with Gasteiger partial charge >= 0.3 is 0 Å². The van der Waals surface area contributed by atoms with Crippen LogP contribution < -0.4 is 15.0 Å². The van der Waals surface area contributed by atoms with Crippen LogP contribution in [0.15, 0.2) is 44.7 Å². The van der Waals surface area contributed by atoms with Gasteiger partial charge < -0.3 is 9.47 Å². The highest BCUT2D eigenvalue weighted by atomic mass is 127. The van der Waals surface area contributed by atoms with Gasteiger partial charge in [-0.05, 0) is 72.3 Å². The van der Waals surface area contributed by atoms with Crippen molar-refractivity contribution in [2.45, 2.75) is 13.8 Å². The zero-order valence-electron chi connectivity index (χ0n) is 15.0. The van der Waals surface area contributed by atoms with E-state index in [1.54, 1.807) is 26.3 Å². The van der Waals surface area contributed by atoms with Crippen molar-refractivity contribution in [1.29, 1.82) is 0 Å². The molecule has 0 bridgehead atoms. The van der Waals surface area contributed by atoms with Gasteiger partial charge in [-0.25, -0.2) is 4.98 Å². The maximum absolute atomic E-state index is 12.8. The molecular weight excluding hydrogens is 525 g/mol. The summed E-state index contributed by atoms with van der Waals surface area (Å²) in [6, 6.07) is 9.16. The lowest BCUT2D eigenvalue weighted by Gasteiger charge is -2.12. The molecule has 0 spiro atoms. The van der Waals surface area contributed by atoms with Crippen molar-refractivity contribution in [3.63, 3.8) is 0 Å². The van der Waals surface area contributed by atoms with Gasteiger partial charge in [0.2, 0.25) is 0 Å². The molecule has 2 aromatic carbocycles. The van der Waals surface area contributed by atoms with Gasteiger partial charge in [-0.1, -0.05) is 15.9 Å².